The van der Waals surface area contributed by atoms with Gasteiger partial charge in [-0.1, -0.05) is 24.0 Å². The molecule has 1 aromatic rings. The van der Waals surface area contributed by atoms with Crippen LogP contribution in [0.4, 0.5) is 0 Å². The van der Waals surface area contributed by atoms with Crippen LogP contribution in [0.3, 0.4) is 0 Å². The minimum absolute atomic E-state index is 0.0849. The molecule has 1 rings (SSSR count). The van der Waals surface area contributed by atoms with Gasteiger partial charge in [0.2, 0.25) is 0 Å². The number of aliphatic hydroxyl groups excluding tert-OH is 3. The zero-order valence-corrected chi connectivity index (χ0v) is 11.0. The first-order valence-corrected chi connectivity index (χ1v) is 6.97. The fourth-order valence-electron chi connectivity index (χ4n) is 1.32. The summed E-state index contributed by atoms with van der Waals surface area (Å²) in [6, 6.07) is 7.89. The van der Waals surface area contributed by atoms with Gasteiger partial charge in [0, 0.05) is 23.5 Å². The van der Waals surface area contributed by atoms with Crippen molar-refractivity contribution >= 4 is 11.8 Å². The number of rotatable bonds is 6. The molecular formula is C14H18O3S. The molecule has 0 radical (unpaired) electrons. The molecule has 1 atom stereocenters. The van der Waals surface area contributed by atoms with E-state index in [2.05, 4.69) is 11.8 Å². The van der Waals surface area contributed by atoms with E-state index in [1.54, 1.807) is 11.8 Å². The van der Waals surface area contributed by atoms with Gasteiger partial charge in [0.05, 0.1) is 19.3 Å². The SMILES string of the molecule is OCCC#Cc1cccc(CSCC(O)CO)c1. The van der Waals surface area contributed by atoms with Crippen molar-refractivity contribution in [2.75, 3.05) is 19.0 Å². The molecule has 0 saturated carbocycles. The van der Waals surface area contributed by atoms with Gasteiger partial charge < -0.3 is 15.3 Å². The number of aliphatic hydroxyl groups is 3. The molecule has 3 nitrogen and oxygen atoms in total. The van der Waals surface area contributed by atoms with E-state index < -0.39 is 6.10 Å². The number of hydrogen-bond donors (Lipinski definition) is 3. The summed E-state index contributed by atoms with van der Waals surface area (Å²) < 4.78 is 0. The molecule has 18 heavy (non-hydrogen) atoms. The van der Waals surface area contributed by atoms with Crippen LogP contribution < -0.4 is 0 Å². The summed E-state index contributed by atoms with van der Waals surface area (Å²) in [7, 11) is 0. The second-order valence-electron chi connectivity index (χ2n) is 3.83. The lowest BCUT2D eigenvalue weighted by atomic mass is 10.1. The Labute approximate surface area is 112 Å². The number of hydrogen-bond acceptors (Lipinski definition) is 4. The van der Waals surface area contributed by atoms with Gasteiger partial charge in [0.15, 0.2) is 0 Å². The summed E-state index contributed by atoms with van der Waals surface area (Å²) in [6.07, 6.45) is -0.163. The summed E-state index contributed by atoms with van der Waals surface area (Å²) in [5.74, 6) is 7.18. The monoisotopic (exact) mass is 266 g/mol. The minimum Gasteiger partial charge on any atom is -0.395 e. The highest BCUT2D eigenvalue weighted by Gasteiger charge is 2.02. The molecule has 0 aliphatic heterocycles. The van der Waals surface area contributed by atoms with Crippen LogP contribution in [0, 0.1) is 11.8 Å². The van der Waals surface area contributed by atoms with Gasteiger partial charge in [-0.05, 0) is 17.7 Å². The molecule has 0 saturated heterocycles. The molecule has 0 aromatic heterocycles. The van der Waals surface area contributed by atoms with Crippen LogP contribution in [0.1, 0.15) is 17.5 Å². The average Bonchev–Trinajstić information content (AvgIpc) is 2.39. The Morgan fingerprint density at radius 2 is 2.11 bits per heavy atom. The van der Waals surface area contributed by atoms with E-state index in [1.807, 2.05) is 24.3 Å². The van der Waals surface area contributed by atoms with Crippen molar-refractivity contribution < 1.29 is 15.3 Å². The lowest BCUT2D eigenvalue weighted by Gasteiger charge is -2.06. The minimum atomic E-state index is -0.650. The van der Waals surface area contributed by atoms with E-state index >= 15 is 0 Å². The molecule has 0 bridgehead atoms. The smallest absolute Gasteiger partial charge is 0.0861 e. The van der Waals surface area contributed by atoms with Crippen LogP contribution in [-0.4, -0.2) is 40.4 Å². The van der Waals surface area contributed by atoms with Gasteiger partial charge in [-0.15, -0.1) is 0 Å². The van der Waals surface area contributed by atoms with E-state index in [1.165, 1.54) is 0 Å². The van der Waals surface area contributed by atoms with Crippen molar-refractivity contribution in [1.82, 2.24) is 0 Å². The molecule has 0 heterocycles. The van der Waals surface area contributed by atoms with Gasteiger partial charge in [-0.3, -0.25) is 0 Å². The zero-order valence-electron chi connectivity index (χ0n) is 10.2. The standard InChI is InChI=1S/C14H18O3S/c15-7-2-1-4-12-5-3-6-13(8-12)10-18-11-14(17)9-16/h3,5-6,8,14-17H,2,7,9-11H2. The molecule has 3 N–H and O–H groups in total. The summed E-state index contributed by atoms with van der Waals surface area (Å²) in [4.78, 5) is 0. The molecule has 0 spiro atoms. The first-order valence-electron chi connectivity index (χ1n) is 5.81. The molecule has 1 unspecified atom stereocenters. The van der Waals surface area contributed by atoms with Crippen molar-refractivity contribution in [2.45, 2.75) is 18.3 Å². The third-order valence-electron chi connectivity index (χ3n) is 2.19. The lowest BCUT2D eigenvalue weighted by Crippen LogP contribution is -2.14. The Hall–Kier alpha value is -0.990. The van der Waals surface area contributed by atoms with Crippen LogP contribution >= 0.6 is 11.8 Å². The van der Waals surface area contributed by atoms with Crippen LogP contribution in [0.2, 0.25) is 0 Å². The molecular weight excluding hydrogens is 248 g/mol. The van der Waals surface area contributed by atoms with Gasteiger partial charge in [-0.25, -0.2) is 0 Å². The summed E-state index contributed by atoms with van der Waals surface area (Å²) in [6.45, 7) is -0.110. The Kier molecular flexibility index (Phi) is 7.54. The highest BCUT2D eigenvalue weighted by molar-refractivity contribution is 7.98. The van der Waals surface area contributed by atoms with Crippen molar-refractivity contribution in [2.24, 2.45) is 0 Å². The third kappa shape index (κ3) is 6.08. The van der Waals surface area contributed by atoms with Crippen molar-refractivity contribution in [3.8, 4) is 11.8 Å². The van der Waals surface area contributed by atoms with Crippen molar-refractivity contribution in [3.63, 3.8) is 0 Å². The molecule has 98 valence electrons. The summed E-state index contributed by atoms with van der Waals surface area (Å²) in [5, 5.41) is 26.6. The quantitative estimate of drug-likeness (QED) is 0.673. The number of benzene rings is 1. The Morgan fingerprint density at radius 3 is 2.83 bits per heavy atom. The second kappa shape index (κ2) is 9.01. The average molecular weight is 266 g/mol. The van der Waals surface area contributed by atoms with Gasteiger partial charge >= 0.3 is 0 Å². The predicted molar refractivity (Wildman–Crippen MR) is 74.3 cm³/mol. The largest absolute Gasteiger partial charge is 0.395 e. The Bertz CT molecular complexity index is 409. The fourth-order valence-corrected chi connectivity index (χ4v) is 2.24. The van der Waals surface area contributed by atoms with Crippen LogP contribution in [0.25, 0.3) is 0 Å². The normalized spacial score (nSPS) is 11.7. The third-order valence-corrected chi connectivity index (χ3v) is 3.34. The second-order valence-corrected chi connectivity index (χ2v) is 4.86. The molecule has 0 aliphatic rings. The Morgan fingerprint density at radius 1 is 1.28 bits per heavy atom. The number of thioether (sulfide) groups is 1. The summed E-state index contributed by atoms with van der Waals surface area (Å²) in [5.41, 5.74) is 2.07. The van der Waals surface area contributed by atoms with Crippen LogP contribution in [0.15, 0.2) is 24.3 Å². The predicted octanol–water partition coefficient (Wildman–Crippen LogP) is 1.01. The first kappa shape index (κ1) is 15.1. The molecule has 1 aromatic carbocycles. The van der Waals surface area contributed by atoms with Crippen LogP contribution in [-0.2, 0) is 5.75 Å². The summed E-state index contributed by atoms with van der Waals surface area (Å²) >= 11 is 1.58. The van der Waals surface area contributed by atoms with Crippen molar-refractivity contribution in [3.05, 3.63) is 35.4 Å². The maximum absolute atomic E-state index is 9.22. The molecule has 0 amide bonds. The first-order chi connectivity index (χ1) is 8.76. The topological polar surface area (TPSA) is 60.7 Å². The maximum atomic E-state index is 9.22. The molecule has 0 aliphatic carbocycles. The van der Waals surface area contributed by atoms with Crippen LogP contribution in [0.5, 0.6) is 0 Å². The lowest BCUT2D eigenvalue weighted by molar-refractivity contribution is 0.113. The molecule has 4 heteroatoms. The van der Waals surface area contributed by atoms with Gasteiger partial charge in [0.25, 0.3) is 0 Å². The highest BCUT2D eigenvalue weighted by atomic mass is 32.2. The van der Waals surface area contributed by atoms with Gasteiger partial charge in [0.1, 0.15) is 0 Å². The zero-order chi connectivity index (χ0) is 13.2. The van der Waals surface area contributed by atoms with Gasteiger partial charge in [-0.2, -0.15) is 11.8 Å². The van der Waals surface area contributed by atoms with E-state index in [-0.39, 0.29) is 13.2 Å². The van der Waals surface area contributed by atoms with E-state index in [0.717, 1.165) is 16.9 Å². The van der Waals surface area contributed by atoms with Crippen molar-refractivity contribution in [1.29, 1.82) is 0 Å². The van der Waals surface area contributed by atoms with E-state index in [4.69, 9.17) is 10.2 Å². The maximum Gasteiger partial charge on any atom is 0.0861 e. The Balaban J connectivity index is 2.47. The fraction of sp³-hybridized carbons (Fsp3) is 0.429. The molecule has 0 fully saturated rings. The van der Waals surface area contributed by atoms with E-state index in [0.29, 0.717) is 12.2 Å². The highest BCUT2D eigenvalue weighted by Crippen LogP contribution is 2.14. The van der Waals surface area contributed by atoms with E-state index in [9.17, 15) is 5.11 Å².